The third-order valence-electron chi connectivity index (χ3n) is 4.66. The molecule has 0 bridgehead atoms. The Morgan fingerprint density at radius 2 is 1.87 bits per heavy atom. The molecule has 23 heavy (non-hydrogen) atoms. The molecule has 1 aliphatic rings. The highest BCUT2D eigenvalue weighted by Crippen LogP contribution is 2.34. The predicted molar refractivity (Wildman–Crippen MR) is 92.3 cm³/mol. The first-order valence-corrected chi connectivity index (χ1v) is 8.24. The lowest BCUT2D eigenvalue weighted by Gasteiger charge is -2.24. The molecule has 0 radical (unpaired) electrons. The lowest BCUT2D eigenvalue weighted by atomic mass is 9.91. The summed E-state index contributed by atoms with van der Waals surface area (Å²) in [4.78, 5) is 15.9. The highest BCUT2D eigenvalue weighted by atomic mass is 16.1. The Kier molecular flexibility index (Phi) is 3.62. The Hall–Kier alpha value is -2.55. The molecule has 0 aliphatic heterocycles. The van der Waals surface area contributed by atoms with Crippen LogP contribution in [0.15, 0.2) is 54.6 Å². The molecule has 1 aromatic heterocycles. The number of benzene rings is 2. The summed E-state index contributed by atoms with van der Waals surface area (Å²) in [7, 11) is 0. The van der Waals surface area contributed by atoms with Crippen LogP contribution in [0, 0.1) is 0 Å². The van der Waals surface area contributed by atoms with Crippen LogP contribution in [0.3, 0.4) is 0 Å². The van der Waals surface area contributed by atoms with Crippen LogP contribution in [-0.4, -0.2) is 10.9 Å². The standard InChI is InChI=1S/C20H20N2O/c23-19(13-14-7-2-1-3-8-14)21-18-12-6-10-16-15-9-4-5-11-17(15)22-20(16)18/h1-5,7-9,11,18,22H,6,10,12-13H2,(H,21,23)/t18-/m0/s1. The molecule has 3 heteroatoms. The van der Waals surface area contributed by atoms with E-state index in [1.807, 2.05) is 36.4 Å². The van der Waals surface area contributed by atoms with Gasteiger partial charge >= 0.3 is 0 Å². The number of amides is 1. The van der Waals surface area contributed by atoms with Gasteiger partial charge in [-0.05, 0) is 36.5 Å². The number of H-pyrrole nitrogens is 1. The molecule has 4 rings (SSSR count). The maximum atomic E-state index is 12.4. The maximum Gasteiger partial charge on any atom is 0.224 e. The van der Waals surface area contributed by atoms with Crippen molar-refractivity contribution in [2.24, 2.45) is 0 Å². The second-order valence-corrected chi connectivity index (χ2v) is 6.24. The number of aryl methyl sites for hydroxylation is 1. The summed E-state index contributed by atoms with van der Waals surface area (Å²) in [5, 5.41) is 4.51. The lowest BCUT2D eigenvalue weighted by molar-refractivity contribution is -0.121. The Morgan fingerprint density at radius 1 is 1.09 bits per heavy atom. The van der Waals surface area contributed by atoms with Crippen molar-refractivity contribution < 1.29 is 4.79 Å². The number of nitrogens with one attached hydrogen (secondary N) is 2. The third kappa shape index (κ3) is 2.74. The third-order valence-corrected chi connectivity index (χ3v) is 4.66. The largest absolute Gasteiger partial charge is 0.356 e. The number of fused-ring (bicyclic) bond motifs is 3. The minimum absolute atomic E-state index is 0.0905. The molecule has 1 aliphatic carbocycles. The summed E-state index contributed by atoms with van der Waals surface area (Å²) in [5.74, 6) is 0.0905. The Balaban J connectivity index is 1.56. The summed E-state index contributed by atoms with van der Waals surface area (Å²) in [6.45, 7) is 0. The van der Waals surface area contributed by atoms with E-state index in [-0.39, 0.29) is 11.9 Å². The number of carbonyl (C=O) groups excluding carboxylic acids is 1. The number of para-hydroxylation sites is 1. The monoisotopic (exact) mass is 304 g/mol. The number of hydrogen-bond donors (Lipinski definition) is 2. The van der Waals surface area contributed by atoms with Gasteiger partial charge < -0.3 is 10.3 Å². The molecule has 0 fully saturated rings. The van der Waals surface area contributed by atoms with E-state index in [1.54, 1.807) is 0 Å². The van der Waals surface area contributed by atoms with E-state index in [4.69, 9.17) is 0 Å². The van der Waals surface area contributed by atoms with Crippen LogP contribution >= 0.6 is 0 Å². The molecule has 1 amide bonds. The first-order chi connectivity index (χ1) is 11.3. The van der Waals surface area contributed by atoms with Crippen molar-refractivity contribution in [3.63, 3.8) is 0 Å². The predicted octanol–water partition coefficient (Wildman–Crippen LogP) is 3.90. The Morgan fingerprint density at radius 3 is 2.74 bits per heavy atom. The normalized spacial score (nSPS) is 17.0. The van der Waals surface area contributed by atoms with E-state index in [1.165, 1.54) is 22.2 Å². The smallest absolute Gasteiger partial charge is 0.224 e. The molecule has 0 spiro atoms. The van der Waals surface area contributed by atoms with Gasteiger partial charge in [0, 0.05) is 16.6 Å². The van der Waals surface area contributed by atoms with Crippen LogP contribution in [0.5, 0.6) is 0 Å². The Bertz CT molecular complexity index is 835. The van der Waals surface area contributed by atoms with Gasteiger partial charge in [-0.1, -0.05) is 48.5 Å². The van der Waals surface area contributed by atoms with Gasteiger partial charge in [-0.15, -0.1) is 0 Å². The zero-order valence-corrected chi connectivity index (χ0v) is 13.0. The number of rotatable bonds is 3. The average molecular weight is 304 g/mol. The summed E-state index contributed by atoms with van der Waals surface area (Å²) < 4.78 is 0. The molecular weight excluding hydrogens is 284 g/mol. The van der Waals surface area contributed by atoms with Gasteiger partial charge in [-0.2, -0.15) is 0 Å². The molecule has 116 valence electrons. The SMILES string of the molecule is O=C(Cc1ccccc1)N[C@H]1CCCc2c1[nH]c1ccccc21. The molecule has 3 nitrogen and oxygen atoms in total. The van der Waals surface area contributed by atoms with Crippen LogP contribution < -0.4 is 5.32 Å². The van der Waals surface area contributed by atoms with E-state index in [0.29, 0.717) is 6.42 Å². The summed E-state index contributed by atoms with van der Waals surface area (Å²) >= 11 is 0. The van der Waals surface area contributed by atoms with Gasteiger partial charge in [0.25, 0.3) is 0 Å². The quantitative estimate of drug-likeness (QED) is 0.757. The molecule has 1 atom stereocenters. The number of aromatic nitrogens is 1. The van der Waals surface area contributed by atoms with Crippen LogP contribution in [-0.2, 0) is 17.6 Å². The molecular formula is C20H20N2O. The molecule has 3 aromatic rings. The summed E-state index contributed by atoms with van der Waals surface area (Å²) in [6, 6.07) is 18.4. The van der Waals surface area contributed by atoms with Crippen LogP contribution in [0.4, 0.5) is 0 Å². The van der Waals surface area contributed by atoms with Crippen molar-refractivity contribution >= 4 is 16.8 Å². The van der Waals surface area contributed by atoms with Gasteiger partial charge in [-0.25, -0.2) is 0 Å². The first kappa shape index (κ1) is 14.1. The van der Waals surface area contributed by atoms with Crippen molar-refractivity contribution in [1.29, 1.82) is 0 Å². The summed E-state index contributed by atoms with van der Waals surface area (Å²) in [5.41, 5.74) is 4.79. The second kappa shape index (κ2) is 5.92. The molecule has 2 N–H and O–H groups in total. The topological polar surface area (TPSA) is 44.9 Å². The molecule has 2 aromatic carbocycles. The van der Waals surface area contributed by atoms with Gasteiger partial charge in [0.1, 0.15) is 0 Å². The van der Waals surface area contributed by atoms with Crippen molar-refractivity contribution in [3.05, 3.63) is 71.4 Å². The van der Waals surface area contributed by atoms with Crippen molar-refractivity contribution in [2.75, 3.05) is 0 Å². The fourth-order valence-corrected chi connectivity index (χ4v) is 3.59. The van der Waals surface area contributed by atoms with E-state index in [2.05, 4.69) is 28.5 Å². The second-order valence-electron chi connectivity index (χ2n) is 6.24. The van der Waals surface area contributed by atoms with E-state index in [9.17, 15) is 4.79 Å². The van der Waals surface area contributed by atoms with Gasteiger partial charge in [0.05, 0.1) is 12.5 Å². The summed E-state index contributed by atoms with van der Waals surface area (Å²) in [6.07, 6.45) is 3.64. The fraction of sp³-hybridized carbons (Fsp3) is 0.250. The lowest BCUT2D eigenvalue weighted by Crippen LogP contribution is -2.32. The van der Waals surface area contributed by atoms with Crippen LogP contribution in [0.1, 0.15) is 35.7 Å². The Labute approximate surface area is 135 Å². The highest BCUT2D eigenvalue weighted by Gasteiger charge is 2.25. The highest BCUT2D eigenvalue weighted by molar-refractivity contribution is 5.85. The molecule has 0 saturated carbocycles. The number of hydrogen-bond acceptors (Lipinski definition) is 1. The first-order valence-electron chi connectivity index (χ1n) is 8.24. The molecule has 0 saturated heterocycles. The fourth-order valence-electron chi connectivity index (χ4n) is 3.59. The van der Waals surface area contributed by atoms with E-state index < -0.39 is 0 Å². The zero-order chi connectivity index (χ0) is 15.6. The molecule has 0 unspecified atom stereocenters. The molecule has 1 heterocycles. The van der Waals surface area contributed by atoms with Crippen molar-refractivity contribution in [1.82, 2.24) is 10.3 Å². The van der Waals surface area contributed by atoms with Crippen molar-refractivity contribution in [2.45, 2.75) is 31.7 Å². The minimum Gasteiger partial charge on any atom is -0.356 e. The zero-order valence-electron chi connectivity index (χ0n) is 13.0. The van der Waals surface area contributed by atoms with Gasteiger partial charge in [0.2, 0.25) is 5.91 Å². The van der Waals surface area contributed by atoms with E-state index in [0.717, 1.165) is 24.8 Å². The van der Waals surface area contributed by atoms with Gasteiger partial charge in [-0.3, -0.25) is 4.79 Å². The van der Waals surface area contributed by atoms with E-state index >= 15 is 0 Å². The number of aromatic amines is 1. The van der Waals surface area contributed by atoms with Gasteiger partial charge in [0.15, 0.2) is 0 Å². The number of carbonyl (C=O) groups is 1. The minimum atomic E-state index is 0.0905. The average Bonchev–Trinajstić information content (AvgIpc) is 2.96. The maximum absolute atomic E-state index is 12.4. The van der Waals surface area contributed by atoms with Crippen LogP contribution in [0.2, 0.25) is 0 Å². The van der Waals surface area contributed by atoms with Crippen molar-refractivity contribution in [3.8, 4) is 0 Å². The van der Waals surface area contributed by atoms with Crippen LogP contribution in [0.25, 0.3) is 10.9 Å².